The number of fused-ring (bicyclic) bond motifs is 1. The monoisotopic (exact) mass is 333 g/mol. The van der Waals surface area contributed by atoms with Crippen molar-refractivity contribution in [2.24, 2.45) is 0 Å². The Labute approximate surface area is 126 Å². The summed E-state index contributed by atoms with van der Waals surface area (Å²) < 4.78 is 12.2. The van der Waals surface area contributed by atoms with E-state index < -0.39 is 0 Å². The van der Waals surface area contributed by atoms with Crippen LogP contribution < -0.4 is 5.32 Å². The van der Waals surface area contributed by atoms with Crippen molar-refractivity contribution < 1.29 is 8.83 Å². The molecule has 0 fully saturated rings. The summed E-state index contributed by atoms with van der Waals surface area (Å²) in [4.78, 5) is 0. The number of rotatable bonds is 4. The third-order valence-electron chi connectivity index (χ3n) is 3.41. The van der Waals surface area contributed by atoms with E-state index in [4.69, 9.17) is 8.83 Å². The van der Waals surface area contributed by atoms with Gasteiger partial charge in [-0.1, -0.05) is 25.1 Å². The fraction of sp³-hybridized carbons (Fsp3) is 0.250. The molecule has 0 aliphatic heterocycles. The van der Waals surface area contributed by atoms with Crippen LogP contribution in [-0.4, -0.2) is 6.54 Å². The SMILES string of the molecule is CCNC(c1cc2cccc(C)c2o1)c1ccoc1Br. The summed E-state index contributed by atoms with van der Waals surface area (Å²) in [6.07, 6.45) is 1.68. The number of aryl methyl sites for hydroxylation is 1. The molecule has 0 aliphatic rings. The molecule has 2 heterocycles. The Morgan fingerprint density at radius 2 is 2.15 bits per heavy atom. The van der Waals surface area contributed by atoms with Gasteiger partial charge in [-0.15, -0.1) is 0 Å². The molecule has 0 saturated heterocycles. The number of para-hydroxylation sites is 1. The molecular formula is C16H16BrNO2. The van der Waals surface area contributed by atoms with E-state index in [0.717, 1.165) is 39.1 Å². The maximum absolute atomic E-state index is 6.07. The molecule has 1 unspecified atom stereocenters. The predicted molar refractivity (Wildman–Crippen MR) is 82.9 cm³/mol. The maximum Gasteiger partial charge on any atom is 0.174 e. The highest BCUT2D eigenvalue weighted by atomic mass is 79.9. The lowest BCUT2D eigenvalue weighted by Crippen LogP contribution is -2.21. The lowest BCUT2D eigenvalue weighted by Gasteiger charge is -2.14. The number of nitrogens with one attached hydrogen (secondary N) is 1. The fourth-order valence-electron chi connectivity index (χ4n) is 2.45. The van der Waals surface area contributed by atoms with Crippen molar-refractivity contribution >= 4 is 26.9 Å². The number of hydrogen-bond donors (Lipinski definition) is 1. The zero-order valence-electron chi connectivity index (χ0n) is 11.4. The highest BCUT2D eigenvalue weighted by Gasteiger charge is 2.22. The van der Waals surface area contributed by atoms with Gasteiger partial charge in [0, 0.05) is 10.9 Å². The fourth-order valence-corrected chi connectivity index (χ4v) is 2.92. The number of halogens is 1. The standard InChI is InChI=1S/C16H16BrNO2/c1-3-18-14(12-7-8-19-16(12)17)13-9-11-6-4-5-10(2)15(11)20-13/h4-9,14,18H,3H2,1-2H3. The first-order valence-corrected chi connectivity index (χ1v) is 7.45. The van der Waals surface area contributed by atoms with E-state index in [1.807, 2.05) is 12.1 Å². The van der Waals surface area contributed by atoms with Gasteiger partial charge in [-0.2, -0.15) is 0 Å². The normalized spacial score (nSPS) is 12.9. The van der Waals surface area contributed by atoms with Crippen molar-refractivity contribution in [1.82, 2.24) is 5.32 Å². The first-order valence-electron chi connectivity index (χ1n) is 6.66. The number of hydrogen-bond acceptors (Lipinski definition) is 3. The van der Waals surface area contributed by atoms with Crippen molar-refractivity contribution in [3.63, 3.8) is 0 Å². The van der Waals surface area contributed by atoms with Crippen molar-refractivity contribution in [3.05, 3.63) is 58.2 Å². The highest BCUT2D eigenvalue weighted by Crippen LogP contribution is 2.33. The average Bonchev–Trinajstić information content (AvgIpc) is 3.03. The van der Waals surface area contributed by atoms with E-state index in [-0.39, 0.29) is 6.04 Å². The molecule has 0 saturated carbocycles. The predicted octanol–water partition coefficient (Wildman–Crippen LogP) is 4.80. The van der Waals surface area contributed by atoms with E-state index in [2.05, 4.69) is 53.3 Å². The van der Waals surface area contributed by atoms with Gasteiger partial charge in [-0.05, 0) is 47.1 Å². The lowest BCUT2D eigenvalue weighted by molar-refractivity contribution is 0.466. The molecule has 0 bridgehead atoms. The topological polar surface area (TPSA) is 38.3 Å². The van der Waals surface area contributed by atoms with Gasteiger partial charge in [0.05, 0.1) is 12.3 Å². The Morgan fingerprint density at radius 3 is 2.80 bits per heavy atom. The molecule has 3 rings (SSSR count). The van der Waals surface area contributed by atoms with Crippen LogP contribution >= 0.6 is 15.9 Å². The molecular weight excluding hydrogens is 318 g/mol. The zero-order chi connectivity index (χ0) is 14.1. The quantitative estimate of drug-likeness (QED) is 0.745. The van der Waals surface area contributed by atoms with Crippen LogP contribution in [0.2, 0.25) is 0 Å². The van der Waals surface area contributed by atoms with Crippen molar-refractivity contribution in [3.8, 4) is 0 Å². The summed E-state index contributed by atoms with van der Waals surface area (Å²) in [7, 11) is 0. The molecule has 1 atom stereocenters. The Hall–Kier alpha value is -1.52. The van der Waals surface area contributed by atoms with Crippen molar-refractivity contribution in [2.45, 2.75) is 19.9 Å². The van der Waals surface area contributed by atoms with E-state index in [1.54, 1.807) is 6.26 Å². The second-order valence-corrected chi connectivity index (χ2v) is 5.50. The molecule has 0 radical (unpaired) electrons. The molecule has 104 valence electrons. The van der Waals surface area contributed by atoms with Crippen LogP contribution in [0.1, 0.15) is 29.9 Å². The van der Waals surface area contributed by atoms with Crippen LogP contribution in [-0.2, 0) is 0 Å². The van der Waals surface area contributed by atoms with Crippen LogP contribution in [0.5, 0.6) is 0 Å². The molecule has 3 aromatic rings. The van der Waals surface area contributed by atoms with Gasteiger partial charge in [0.15, 0.2) is 4.67 Å². The van der Waals surface area contributed by atoms with Gasteiger partial charge in [0.25, 0.3) is 0 Å². The van der Waals surface area contributed by atoms with Gasteiger partial charge in [-0.25, -0.2) is 0 Å². The van der Waals surface area contributed by atoms with Crippen LogP contribution in [0.25, 0.3) is 11.0 Å². The largest absolute Gasteiger partial charge is 0.459 e. The molecule has 3 nitrogen and oxygen atoms in total. The van der Waals surface area contributed by atoms with Crippen molar-refractivity contribution in [2.75, 3.05) is 6.54 Å². The highest BCUT2D eigenvalue weighted by molar-refractivity contribution is 9.10. The molecule has 4 heteroatoms. The van der Waals surface area contributed by atoms with Gasteiger partial charge in [-0.3, -0.25) is 0 Å². The summed E-state index contributed by atoms with van der Waals surface area (Å²) >= 11 is 3.44. The molecule has 1 aromatic carbocycles. The second kappa shape index (κ2) is 5.46. The molecule has 0 spiro atoms. The molecule has 0 aliphatic carbocycles. The summed E-state index contributed by atoms with van der Waals surface area (Å²) in [6, 6.07) is 10.2. The maximum atomic E-state index is 6.07. The smallest absolute Gasteiger partial charge is 0.174 e. The van der Waals surface area contributed by atoms with Crippen LogP contribution in [0.3, 0.4) is 0 Å². The van der Waals surface area contributed by atoms with E-state index >= 15 is 0 Å². The van der Waals surface area contributed by atoms with E-state index in [9.17, 15) is 0 Å². The van der Waals surface area contributed by atoms with Crippen LogP contribution in [0, 0.1) is 6.92 Å². The molecule has 1 N–H and O–H groups in total. The van der Waals surface area contributed by atoms with Crippen LogP contribution in [0.15, 0.2) is 50.1 Å². The van der Waals surface area contributed by atoms with Gasteiger partial charge >= 0.3 is 0 Å². The first kappa shape index (κ1) is 13.5. The summed E-state index contributed by atoms with van der Waals surface area (Å²) in [5, 5.41) is 4.57. The molecule has 0 amide bonds. The third kappa shape index (κ3) is 2.30. The number of furan rings is 2. The van der Waals surface area contributed by atoms with Gasteiger partial charge < -0.3 is 14.2 Å². The molecule has 2 aromatic heterocycles. The van der Waals surface area contributed by atoms with E-state index in [1.165, 1.54) is 0 Å². The Morgan fingerprint density at radius 1 is 1.30 bits per heavy atom. The summed E-state index contributed by atoms with van der Waals surface area (Å²) in [5.74, 6) is 0.901. The molecule has 20 heavy (non-hydrogen) atoms. The van der Waals surface area contributed by atoms with Crippen molar-refractivity contribution in [1.29, 1.82) is 0 Å². The third-order valence-corrected chi connectivity index (χ3v) is 4.05. The first-order chi connectivity index (χ1) is 9.70. The zero-order valence-corrected chi connectivity index (χ0v) is 13.0. The average molecular weight is 334 g/mol. The summed E-state index contributed by atoms with van der Waals surface area (Å²) in [6.45, 7) is 4.98. The Balaban J connectivity index is 2.10. The minimum Gasteiger partial charge on any atom is -0.459 e. The number of benzene rings is 1. The van der Waals surface area contributed by atoms with Crippen LogP contribution in [0.4, 0.5) is 0 Å². The Bertz CT molecular complexity index is 729. The van der Waals surface area contributed by atoms with E-state index in [0.29, 0.717) is 0 Å². The Kier molecular flexibility index (Phi) is 3.68. The lowest BCUT2D eigenvalue weighted by atomic mass is 10.1. The van der Waals surface area contributed by atoms with Gasteiger partial charge in [0.1, 0.15) is 11.3 Å². The minimum absolute atomic E-state index is 0.0140. The van der Waals surface area contributed by atoms with Gasteiger partial charge in [0.2, 0.25) is 0 Å². The minimum atomic E-state index is -0.0140. The summed E-state index contributed by atoms with van der Waals surface area (Å²) in [5.41, 5.74) is 3.14. The second-order valence-electron chi connectivity index (χ2n) is 4.78.